The lowest BCUT2D eigenvalue weighted by molar-refractivity contribution is 1.26. The molecule has 19 heavy (non-hydrogen) atoms. The molecule has 3 heteroatoms. The number of benzene rings is 2. The molecule has 0 aliphatic rings. The predicted octanol–water partition coefficient (Wildman–Crippen LogP) is 4.66. The maximum absolute atomic E-state index is 8.84. The fourth-order valence-corrected chi connectivity index (χ4v) is 2.75. The summed E-state index contributed by atoms with van der Waals surface area (Å²) in [7, 11) is 0. The van der Waals surface area contributed by atoms with Gasteiger partial charge < -0.3 is 0 Å². The molecule has 0 radical (unpaired) electrons. The summed E-state index contributed by atoms with van der Waals surface area (Å²) in [5, 5.41) is 11.6. The van der Waals surface area contributed by atoms with E-state index in [0.717, 1.165) is 10.6 Å². The number of anilines is 1. The minimum Gasteiger partial charge on any atom is -0.292 e. The topological polar surface area (TPSA) is 35.8 Å². The normalized spacial score (nSPS) is 10.0. The molecule has 0 bridgehead atoms. The lowest BCUT2D eigenvalue weighted by Crippen LogP contribution is -1.93. The van der Waals surface area contributed by atoms with Gasteiger partial charge in [0.05, 0.1) is 5.69 Å². The second-order valence-electron chi connectivity index (χ2n) is 4.58. The molecule has 2 rings (SSSR count). The van der Waals surface area contributed by atoms with Crippen molar-refractivity contribution in [3.63, 3.8) is 0 Å². The van der Waals surface area contributed by atoms with Gasteiger partial charge in [-0.2, -0.15) is 5.26 Å². The molecule has 0 heterocycles. The molecule has 96 valence electrons. The molecule has 0 fully saturated rings. The van der Waals surface area contributed by atoms with Crippen LogP contribution < -0.4 is 5.32 Å². The van der Waals surface area contributed by atoms with Crippen molar-refractivity contribution in [1.82, 2.24) is 0 Å². The molecule has 0 unspecified atom stereocenters. The molecular weight excluding hydrogens is 252 g/mol. The Morgan fingerprint density at radius 3 is 2.26 bits per heavy atom. The molecule has 0 aromatic heterocycles. The molecular formula is C16H16N2S. The highest BCUT2D eigenvalue weighted by atomic mass is 32.2. The first-order valence-electron chi connectivity index (χ1n) is 6.11. The maximum Gasteiger partial charge on any atom is 0.181 e. The smallest absolute Gasteiger partial charge is 0.181 e. The lowest BCUT2D eigenvalue weighted by Gasteiger charge is -2.11. The van der Waals surface area contributed by atoms with Gasteiger partial charge in [-0.05, 0) is 56.2 Å². The summed E-state index contributed by atoms with van der Waals surface area (Å²) in [6.45, 7) is 6.22. The number of hydrogen-bond acceptors (Lipinski definition) is 3. The summed E-state index contributed by atoms with van der Waals surface area (Å²) in [5.74, 6) is 0. The average Bonchev–Trinajstić information content (AvgIpc) is 2.38. The molecule has 0 saturated heterocycles. The molecule has 2 aromatic carbocycles. The fraction of sp³-hybridized carbons (Fsp3) is 0.188. The second-order valence-corrected chi connectivity index (χ2v) is 5.70. The Hall–Kier alpha value is -1.92. The van der Waals surface area contributed by atoms with E-state index in [1.165, 1.54) is 21.6 Å². The van der Waals surface area contributed by atoms with Crippen molar-refractivity contribution in [3.8, 4) is 6.19 Å². The van der Waals surface area contributed by atoms with Crippen molar-refractivity contribution in [3.05, 3.63) is 53.1 Å². The Kier molecular flexibility index (Phi) is 4.13. The van der Waals surface area contributed by atoms with Gasteiger partial charge in [-0.25, -0.2) is 0 Å². The van der Waals surface area contributed by atoms with Crippen LogP contribution in [0.1, 0.15) is 16.7 Å². The van der Waals surface area contributed by atoms with Gasteiger partial charge in [0.15, 0.2) is 6.19 Å². The Morgan fingerprint density at radius 2 is 1.63 bits per heavy atom. The standard InChI is InChI=1S/C16H16N2S/c1-11-4-6-14(7-5-11)19-16-9-13(3)12(2)8-15(16)18-10-17/h4-9,18H,1-3H3. The van der Waals surface area contributed by atoms with E-state index in [9.17, 15) is 0 Å². The maximum atomic E-state index is 8.84. The third-order valence-electron chi connectivity index (χ3n) is 3.04. The Bertz CT molecular complexity index is 624. The van der Waals surface area contributed by atoms with Crippen LogP contribution in [0.2, 0.25) is 0 Å². The molecule has 0 aliphatic heterocycles. The molecule has 0 amide bonds. The highest BCUT2D eigenvalue weighted by Crippen LogP contribution is 2.35. The van der Waals surface area contributed by atoms with Crippen molar-refractivity contribution >= 4 is 17.4 Å². The number of nitrogens with zero attached hydrogens (tertiary/aromatic N) is 1. The van der Waals surface area contributed by atoms with Crippen molar-refractivity contribution in [2.75, 3.05) is 5.32 Å². The molecule has 0 aliphatic carbocycles. The zero-order valence-electron chi connectivity index (χ0n) is 11.3. The first kappa shape index (κ1) is 13.5. The van der Waals surface area contributed by atoms with E-state index in [1.54, 1.807) is 11.8 Å². The van der Waals surface area contributed by atoms with Crippen molar-refractivity contribution in [1.29, 1.82) is 5.26 Å². The van der Waals surface area contributed by atoms with E-state index >= 15 is 0 Å². The van der Waals surface area contributed by atoms with E-state index in [4.69, 9.17) is 5.26 Å². The van der Waals surface area contributed by atoms with Crippen LogP contribution in [0.4, 0.5) is 5.69 Å². The molecule has 0 saturated carbocycles. The van der Waals surface area contributed by atoms with E-state index in [2.05, 4.69) is 56.4 Å². The van der Waals surface area contributed by atoms with Gasteiger partial charge in [-0.3, -0.25) is 5.32 Å². The van der Waals surface area contributed by atoms with Crippen molar-refractivity contribution < 1.29 is 0 Å². The third kappa shape index (κ3) is 3.30. The van der Waals surface area contributed by atoms with Gasteiger partial charge in [-0.15, -0.1) is 0 Å². The number of nitrogens with one attached hydrogen (secondary N) is 1. The summed E-state index contributed by atoms with van der Waals surface area (Å²) in [4.78, 5) is 2.25. The monoisotopic (exact) mass is 268 g/mol. The van der Waals surface area contributed by atoms with Crippen LogP contribution in [0.3, 0.4) is 0 Å². The van der Waals surface area contributed by atoms with Crippen molar-refractivity contribution in [2.24, 2.45) is 0 Å². The highest BCUT2D eigenvalue weighted by Gasteiger charge is 2.07. The Morgan fingerprint density at radius 1 is 1.00 bits per heavy atom. The zero-order chi connectivity index (χ0) is 13.8. The summed E-state index contributed by atoms with van der Waals surface area (Å²) in [6.07, 6.45) is 2.00. The first-order chi connectivity index (χ1) is 9.10. The van der Waals surface area contributed by atoms with Gasteiger partial charge >= 0.3 is 0 Å². The molecule has 0 spiro atoms. The van der Waals surface area contributed by atoms with E-state index in [0.29, 0.717) is 0 Å². The van der Waals surface area contributed by atoms with Crippen molar-refractivity contribution in [2.45, 2.75) is 30.6 Å². The third-order valence-corrected chi connectivity index (χ3v) is 4.10. The quantitative estimate of drug-likeness (QED) is 0.650. The van der Waals surface area contributed by atoms with Gasteiger partial charge in [0.1, 0.15) is 0 Å². The molecule has 0 atom stereocenters. The van der Waals surface area contributed by atoms with Crippen LogP contribution in [0.25, 0.3) is 0 Å². The lowest BCUT2D eigenvalue weighted by atomic mass is 10.1. The van der Waals surface area contributed by atoms with Gasteiger partial charge in [0.2, 0.25) is 0 Å². The van der Waals surface area contributed by atoms with Crippen LogP contribution in [-0.4, -0.2) is 0 Å². The Labute approximate surface area is 118 Å². The minimum absolute atomic E-state index is 0.871. The molecule has 1 N–H and O–H groups in total. The number of aryl methyl sites for hydroxylation is 3. The van der Waals surface area contributed by atoms with Crippen LogP contribution in [0, 0.1) is 32.2 Å². The summed E-state index contributed by atoms with van der Waals surface area (Å²) >= 11 is 1.67. The van der Waals surface area contributed by atoms with Gasteiger partial charge in [0.25, 0.3) is 0 Å². The van der Waals surface area contributed by atoms with E-state index < -0.39 is 0 Å². The molecule has 2 nitrogen and oxygen atoms in total. The van der Waals surface area contributed by atoms with E-state index in [1.807, 2.05) is 12.3 Å². The number of hydrogen-bond donors (Lipinski definition) is 1. The predicted molar refractivity (Wildman–Crippen MR) is 80.5 cm³/mol. The van der Waals surface area contributed by atoms with Gasteiger partial charge in [-0.1, -0.05) is 29.5 Å². The van der Waals surface area contributed by atoms with Crippen LogP contribution in [-0.2, 0) is 0 Å². The zero-order valence-corrected chi connectivity index (χ0v) is 12.1. The van der Waals surface area contributed by atoms with E-state index in [-0.39, 0.29) is 0 Å². The highest BCUT2D eigenvalue weighted by molar-refractivity contribution is 7.99. The number of nitriles is 1. The minimum atomic E-state index is 0.871. The largest absolute Gasteiger partial charge is 0.292 e. The Balaban J connectivity index is 2.35. The fourth-order valence-electron chi connectivity index (χ4n) is 1.77. The second kappa shape index (κ2) is 5.81. The SMILES string of the molecule is Cc1ccc(Sc2cc(C)c(C)cc2NC#N)cc1. The first-order valence-corrected chi connectivity index (χ1v) is 6.92. The van der Waals surface area contributed by atoms with Crippen LogP contribution in [0.5, 0.6) is 0 Å². The van der Waals surface area contributed by atoms with Crippen LogP contribution >= 0.6 is 11.8 Å². The summed E-state index contributed by atoms with van der Waals surface area (Å²) in [5.41, 5.74) is 4.54. The number of rotatable bonds is 3. The van der Waals surface area contributed by atoms with Gasteiger partial charge in [0, 0.05) is 9.79 Å². The van der Waals surface area contributed by atoms with Crippen LogP contribution in [0.15, 0.2) is 46.2 Å². The summed E-state index contributed by atoms with van der Waals surface area (Å²) < 4.78 is 0. The molecule has 2 aromatic rings. The summed E-state index contributed by atoms with van der Waals surface area (Å²) in [6, 6.07) is 12.5. The average molecular weight is 268 g/mol.